The summed E-state index contributed by atoms with van der Waals surface area (Å²) in [4.78, 5) is 22.8. The number of allylic oxidation sites excluding steroid dienone is 3. The molecule has 0 spiro atoms. The van der Waals surface area contributed by atoms with Gasteiger partial charge in [0.2, 0.25) is 0 Å². The number of ketones is 1. The maximum absolute atomic E-state index is 11.7. The van der Waals surface area contributed by atoms with E-state index in [0.29, 0.717) is 5.70 Å². The quantitative estimate of drug-likeness (QED) is 0.701. The molecule has 0 aromatic rings. The summed E-state index contributed by atoms with van der Waals surface area (Å²) in [5.74, 6) is -0.0507. The highest BCUT2D eigenvalue weighted by molar-refractivity contribution is 6.04. The molecular weight excluding hydrogens is 190 g/mol. The van der Waals surface area contributed by atoms with Crippen molar-refractivity contribution in [3.8, 4) is 0 Å². The lowest BCUT2D eigenvalue weighted by Crippen LogP contribution is -2.35. The Balaban J connectivity index is 2.47. The zero-order chi connectivity index (χ0) is 11.0. The number of hydrogen-bond donors (Lipinski definition) is 1. The second kappa shape index (κ2) is 3.50. The van der Waals surface area contributed by atoms with Crippen LogP contribution in [-0.2, 0) is 9.59 Å². The van der Waals surface area contributed by atoms with Gasteiger partial charge < -0.3 is 5.32 Å². The molecule has 0 bridgehead atoms. The van der Waals surface area contributed by atoms with E-state index in [0.717, 1.165) is 17.6 Å². The van der Waals surface area contributed by atoms with E-state index >= 15 is 0 Å². The standard InChI is InChI=1S/C12H13NO2/c1-3-9-7(2)10-5-4-8(14)6-11(10)13-12(9)15/h4-6,10H,3H2,1-2H3,(H,13,15). The molecule has 3 heteroatoms. The maximum atomic E-state index is 11.7. The van der Waals surface area contributed by atoms with Crippen molar-refractivity contribution in [2.24, 2.45) is 5.92 Å². The van der Waals surface area contributed by atoms with E-state index in [9.17, 15) is 9.59 Å². The minimum absolute atomic E-state index is 0.0608. The molecule has 0 saturated carbocycles. The van der Waals surface area contributed by atoms with Gasteiger partial charge in [-0.3, -0.25) is 9.59 Å². The third-order valence-electron chi connectivity index (χ3n) is 2.91. The minimum Gasteiger partial charge on any atom is -0.325 e. The molecule has 1 heterocycles. The van der Waals surface area contributed by atoms with Gasteiger partial charge in [0.25, 0.3) is 5.91 Å². The molecule has 1 N–H and O–H groups in total. The van der Waals surface area contributed by atoms with E-state index in [-0.39, 0.29) is 17.6 Å². The molecule has 0 aromatic heterocycles. The highest BCUT2D eigenvalue weighted by atomic mass is 16.2. The van der Waals surface area contributed by atoms with Crippen LogP contribution in [0.3, 0.4) is 0 Å². The molecule has 1 aliphatic heterocycles. The number of hydrogen-bond acceptors (Lipinski definition) is 2. The van der Waals surface area contributed by atoms with Gasteiger partial charge in [0, 0.05) is 23.3 Å². The Kier molecular flexibility index (Phi) is 2.31. The number of carbonyl (C=O) groups excluding carboxylic acids is 2. The van der Waals surface area contributed by atoms with Crippen LogP contribution in [0, 0.1) is 5.92 Å². The molecule has 0 fully saturated rings. The maximum Gasteiger partial charge on any atom is 0.251 e. The largest absolute Gasteiger partial charge is 0.325 e. The second-order valence-electron chi connectivity index (χ2n) is 3.81. The van der Waals surface area contributed by atoms with Crippen LogP contribution in [-0.4, -0.2) is 11.7 Å². The van der Waals surface area contributed by atoms with E-state index in [1.54, 1.807) is 6.08 Å². The number of rotatable bonds is 1. The number of carbonyl (C=O) groups is 2. The molecule has 2 aliphatic rings. The summed E-state index contributed by atoms with van der Waals surface area (Å²) in [6, 6.07) is 0. The Morgan fingerprint density at radius 2 is 2.13 bits per heavy atom. The lowest BCUT2D eigenvalue weighted by molar-refractivity contribution is -0.117. The number of amides is 1. The molecule has 0 aromatic carbocycles. The third-order valence-corrected chi connectivity index (χ3v) is 2.91. The van der Waals surface area contributed by atoms with Crippen molar-refractivity contribution in [2.45, 2.75) is 20.3 Å². The topological polar surface area (TPSA) is 46.2 Å². The minimum atomic E-state index is -0.0689. The molecule has 3 nitrogen and oxygen atoms in total. The van der Waals surface area contributed by atoms with Crippen molar-refractivity contribution in [3.63, 3.8) is 0 Å². The smallest absolute Gasteiger partial charge is 0.251 e. The SMILES string of the molecule is CCC1=C(C)C2C=CC(=O)C=C2NC1=O. The fourth-order valence-electron chi connectivity index (χ4n) is 2.09. The fourth-order valence-corrected chi connectivity index (χ4v) is 2.09. The molecule has 78 valence electrons. The predicted octanol–water partition coefficient (Wildman–Crippen LogP) is 1.48. The van der Waals surface area contributed by atoms with Crippen molar-refractivity contribution in [2.75, 3.05) is 0 Å². The number of fused-ring (bicyclic) bond motifs is 1. The van der Waals surface area contributed by atoms with Crippen LogP contribution in [0.4, 0.5) is 0 Å². The summed E-state index contributed by atoms with van der Waals surface area (Å²) >= 11 is 0. The summed E-state index contributed by atoms with van der Waals surface area (Å²) in [5, 5.41) is 2.77. The van der Waals surface area contributed by atoms with Crippen LogP contribution in [0.25, 0.3) is 0 Å². The van der Waals surface area contributed by atoms with Crippen LogP contribution in [0.5, 0.6) is 0 Å². The summed E-state index contributed by atoms with van der Waals surface area (Å²) in [6.07, 6.45) is 5.63. The van der Waals surface area contributed by atoms with Crippen LogP contribution in [0.2, 0.25) is 0 Å². The molecule has 1 atom stereocenters. The highest BCUT2D eigenvalue weighted by Gasteiger charge is 2.28. The third kappa shape index (κ3) is 1.54. The van der Waals surface area contributed by atoms with Crippen LogP contribution < -0.4 is 5.32 Å². The van der Waals surface area contributed by atoms with Crippen molar-refractivity contribution in [3.05, 3.63) is 35.1 Å². The van der Waals surface area contributed by atoms with E-state index in [4.69, 9.17) is 0 Å². The summed E-state index contributed by atoms with van der Waals surface area (Å²) in [7, 11) is 0. The van der Waals surface area contributed by atoms with Crippen molar-refractivity contribution in [1.82, 2.24) is 5.32 Å². The first-order chi connectivity index (χ1) is 7.13. The van der Waals surface area contributed by atoms with Crippen LogP contribution in [0.15, 0.2) is 35.1 Å². The summed E-state index contributed by atoms with van der Waals surface area (Å²) in [6.45, 7) is 3.92. The summed E-state index contributed by atoms with van der Waals surface area (Å²) < 4.78 is 0. The van der Waals surface area contributed by atoms with Gasteiger partial charge in [-0.15, -0.1) is 0 Å². The van der Waals surface area contributed by atoms with Crippen molar-refractivity contribution >= 4 is 11.7 Å². The molecule has 0 saturated heterocycles. The molecular formula is C12H13NO2. The molecule has 15 heavy (non-hydrogen) atoms. The van der Waals surface area contributed by atoms with E-state index in [1.165, 1.54) is 6.08 Å². The molecule has 1 amide bonds. The van der Waals surface area contributed by atoms with Crippen LogP contribution in [0.1, 0.15) is 20.3 Å². The average Bonchev–Trinajstić information content (AvgIpc) is 2.17. The van der Waals surface area contributed by atoms with Gasteiger partial charge in [0.05, 0.1) is 0 Å². The molecule has 0 radical (unpaired) electrons. The molecule has 1 unspecified atom stereocenters. The van der Waals surface area contributed by atoms with Crippen molar-refractivity contribution in [1.29, 1.82) is 0 Å². The van der Waals surface area contributed by atoms with Crippen molar-refractivity contribution < 1.29 is 9.59 Å². The first-order valence-electron chi connectivity index (χ1n) is 5.08. The first kappa shape index (κ1) is 9.90. The van der Waals surface area contributed by atoms with Gasteiger partial charge in [0.15, 0.2) is 5.78 Å². The highest BCUT2D eigenvalue weighted by Crippen LogP contribution is 2.30. The van der Waals surface area contributed by atoms with Gasteiger partial charge in [-0.1, -0.05) is 18.6 Å². The van der Waals surface area contributed by atoms with Gasteiger partial charge in [-0.2, -0.15) is 0 Å². The Labute approximate surface area is 88.5 Å². The lowest BCUT2D eigenvalue weighted by atomic mass is 9.84. The zero-order valence-corrected chi connectivity index (χ0v) is 8.83. The first-order valence-corrected chi connectivity index (χ1v) is 5.08. The van der Waals surface area contributed by atoms with E-state index in [2.05, 4.69) is 5.32 Å². The van der Waals surface area contributed by atoms with Gasteiger partial charge in [0.1, 0.15) is 0 Å². The average molecular weight is 203 g/mol. The molecule has 2 rings (SSSR count). The van der Waals surface area contributed by atoms with E-state index < -0.39 is 0 Å². The Bertz CT molecular complexity index is 427. The predicted molar refractivity (Wildman–Crippen MR) is 56.9 cm³/mol. The Morgan fingerprint density at radius 3 is 2.80 bits per heavy atom. The van der Waals surface area contributed by atoms with Crippen LogP contribution >= 0.6 is 0 Å². The zero-order valence-electron chi connectivity index (χ0n) is 8.83. The van der Waals surface area contributed by atoms with Gasteiger partial charge in [-0.25, -0.2) is 0 Å². The van der Waals surface area contributed by atoms with E-state index in [1.807, 2.05) is 19.9 Å². The second-order valence-corrected chi connectivity index (χ2v) is 3.81. The lowest BCUT2D eigenvalue weighted by Gasteiger charge is -2.28. The normalized spacial score (nSPS) is 24.9. The van der Waals surface area contributed by atoms with Gasteiger partial charge in [-0.05, 0) is 19.4 Å². The number of nitrogens with one attached hydrogen (secondary N) is 1. The fraction of sp³-hybridized carbons (Fsp3) is 0.333. The summed E-state index contributed by atoms with van der Waals surface area (Å²) in [5.41, 5.74) is 2.59. The molecule has 1 aliphatic carbocycles. The van der Waals surface area contributed by atoms with Gasteiger partial charge >= 0.3 is 0 Å². The monoisotopic (exact) mass is 203 g/mol. The Hall–Kier alpha value is -1.64. The Morgan fingerprint density at radius 1 is 1.40 bits per heavy atom.